The van der Waals surface area contributed by atoms with Crippen LogP contribution in [-0.2, 0) is 11.3 Å². The summed E-state index contributed by atoms with van der Waals surface area (Å²) < 4.78 is 9.91. The van der Waals surface area contributed by atoms with Crippen molar-refractivity contribution in [2.24, 2.45) is 4.99 Å². The Bertz CT molecular complexity index is 1240. The van der Waals surface area contributed by atoms with Gasteiger partial charge in [-0.3, -0.25) is 4.79 Å². The van der Waals surface area contributed by atoms with Gasteiger partial charge >= 0.3 is 0 Å². The quantitative estimate of drug-likeness (QED) is 0.479. The van der Waals surface area contributed by atoms with Crippen LogP contribution >= 0.6 is 22.9 Å². The second kappa shape index (κ2) is 8.32. The highest BCUT2D eigenvalue weighted by Crippen LogP contribution is 2.22. The lowest BCUT2D eigenvalue weighted by molar-refractivity contribution is 0.0996. The average molecular weight is 427 g/mol. The van der Waals surface area contributed by atoms with Crippen LogP contribution in [-0.4, -0.2) is 34.0 Å². The smallest absolute Gasteiger partial charge is 0.283 e. The van der Waals surface area contributed by atoms with Gasteiger partial charge in [0.2, 0.25) is 0 Å². The van der Waals surface area contributed by atoms with E-state index in [0.717, 1.165) is 21.6 Å². The lowest BCUT2D eigenvalue weighted by Gasteiger charge is -2.05. The number of fused-ring (bicyclic) bond motifs is 1. The SMILES string of the molecule is COCCn1c(=NC(=O)c2cnn(-c3ccccc3)c2C)sc2cc(Cl)ccc21. The fourth-order valence-corrected chi connectivity index (χ4v) is 4.46. The summed E-state index contributed by atoms with van der Waals surface area (Å²) in [4.78, 5) is 18.0. The molecule has 0 aliphatic rings. The standard InChI is InChI=1S/C21H19ClN4O2S/c1-14-17(13-23-26(14)16-6-4-3-5-7-16)20(27)24-21-25(10-11-28-2)18-9-8-15(22)12-19(18)29-21/h3-9,12-13H,10-11H2,1-2H3. The van der Waals surface area contributed by atoms with Crippen LogP contribution in [0.4, 0.5) is 0 Å². The number of benzene rings is 2. The zero-order chi connectivity index (χ0) is 20.4. The number of rotatable bonds is 5. The minimum Gasteiger partial charge on any atom is -0.383 e. The van der Waals surface area contributed by atoms with E-state index in [1.54, 1.807) is 18.0 Å². The summed E-state index contributed by atoms with van der Waals surface area (Å²) in [6.45, 7) is 2.97. The number of halogens is 1. The second-order valence-electron chi connectivity index (χ2n) is 6.45. The number of ether oxygens (including phenoxy) is 1. The summed E-state index contributed by atoms with van der Waals surface area (Å²) >= 11 is 7.56. The molecule has 2 aromatic carbocycles. The number of methoxy groups -OCH3 is 1. The highest BCUT2D eigenvalue weighted by molar-refractivity contribution is 7.16. The van der Waals surface area contributed by atoms with Crippen molar-refractivity contribution in [3.63, 3.8) is 0 Å². The third kappa shape index (κ3) is 3.89. The zero-order valence-corrected chi connectivity index (χ0v) is 17.6. The van der Waals surface area contributed by atoms with Crippen LogP contribution in [0.2, 0.25) is 5.02 Å². The van der Waals surface area contributed by atoms with Gasteiger partial charge < -0.3 is 9.30 Å². The van der Waals surface area contributed by atoms with Gasteiger partial charge in [0.25, 0.3) is 5.91 Å². The van der Waals surface area contributed by atoms with Crippen molar-refractivity contribution >= 4 is 39.1 Å². The number of para-hydroxylation sites is 1. The predicted octanol–water partition coefficient (Wildman–Crippen LogP) is 4.24. The number of nitrogens with zero attached hydrogens (tertiary/aromatic N) is 4. The molecule has 148 valence electrons. The molecule has 0 N–H and O–H groups in total. The molecule has 0 atom stereocenters. The first-order valence-electron chi connectivity index (χ1n) is 9.05. The molecule has 0 saturated carbocycles. The number of amides is 1. The van der Waals surface area contributed by atoms with Crippen LogP contribution in [0.5, 0.6) is 0 Å². The van der Waals surface area contributed by atoms with Crippen molar-refractivity contribution in [1.82, 2.24) is 14.3 Å². The van der Waals surface area contributed by atoms with Crippen LogP contribution in [0.15, 0.2) is 59.7 Å². The second-order valence-corrected chi connectivity index (χ2v) is 7.89. The first-order valence-corrected chi connectivity index (χ1v) is 10.2. The fraction of sp³-hybridized carbons (Fsp3) is 0.190. The first kappa shape index (κ1) is 19.6. The van der Waals surface area contributed by atoms with Crippen molar-refractivity contribution in [2.45, 2.75) is 13.5 Å². The topological polar surface area (TPSA) is 61.4 Å². The Kier molecular flexibility index (Phi) is 5.62. The van der Waals surface area contributed by atoms with E-state index in [2.05, 4.69) is 10.1 Å². The maximum atomic E-state index is 13.0. The number of carbonyl (C=O) groups excluding carboxylic acids is 1. The normalized spacial score (nSPS) is 12.0. The van der Waals surface area contributed by atoms with E-state index in [0.29, 0.717) is 28.5 Å². The Morgan fingerprint density at radius 3 is 2.79 bits per heavy atom. The molecule has 4 aromatic rings. The molecule has 4 rings (SSSR count). The lowest BCUT2D eigenvalue weighted by atomic mass is 10.2. The summed E-state index contributed by atoms with van der Waals surface area (Å²) in [5.41, 5.74) is 3.09. The van der Waals surface area contributed by atoms with Crippen molar-refractivity contribution < 1.29 is 9.53 Å². The summed E-state index contributed by atoms with van der Waals surface area (Å²) in [6.07, 6.45) is 1.57. The number of hydrogen-bond acceptors (Lipinski definition) is 4. The highest BCUT2D eigenvalue weighted by Gasteiger charge is 2.16. The number of thiazole rings is 1. The zero-order valence-electron chi connectivity index (χ0n) is 16.0. The maximum Gasteiger partial charge on any atom is 0.283 e. The molecule has 8 heteroatoms. The Morgan fingerprint density at radius 2 is 2.03 bits per heavy atom. The molecule has 1 amide bonds. The number of carbonyl (C=O) groups is 1. The summed E-state index contributed by atoms with van der Waals surface area (Å²) in [6, 6.07) is 15.3. The molecule has 0 radical (unpaired) electrons. The fourth-order valence-electron chi connectivity index (χ4n) is 3.13. The molecule has 0 aliphatic carbocycles. The lowest BCUT2D eigenvalue weighted by Crippen LogP contribution is -2.19. The number of hydrogen-bond donors (Lipinski definition) is 0. The van der Waals surface area contributed by atoms with Gasteiger partial charge in [-0.05, 0) is 37.3 Å². The molecule has 2 aromatic heterocycles. The molecule has 2 heterocycles. The molecule has 0 spiro atoms. The first-order chi connectivity index (χ1) is 14.1. The minimum absolute atomic E-state index is 0.325. The van der Waals surface area contributed by atoms with Crippen LogP contribution in [0.1, 0.15) is 16.1 Å². The molecule has 6 nitrogen and oxygen atoms in total. The summed E-state index contributed by atoms with van der Waals surface area (Å²) in [5.74, 6) is -0.325. The van der Waals surface area contributed by atoms with Crippen LogP contribution < -0.4 is 4.80 Å². The van der Waals surface area contributed by atoms with Crippen LogP contribution in [0.3, 0.4) is 0 Å². The van der Waals surface area contributed by atoms with Gasteiger partial charge in [0.05, 0.1) is 40.0 Å². The van der Waals surface area contributed by atoms with Crippen molar-refractivity contribution in [3.05, 3.63) is 75.8 Å². The molecule has 0 aliphatic heterocycles. The average Bonchev–Trinajstić information content (AvgIpc) is 3.26. The Morgan fingerprint density at radius 1 is 1.24 bits per heavy atom. The summed E-state index contributed by atoms with van der Waals surface area (Å²) in [5, 5.41) is 5.02. The van der Waals surface area contributed by atoms with E-state index >= 15 is 0 Å². The Labute approximate surface area is 176 Å². The highest BCUT2D eigenvalue weighted by atomic mass is 35.5. The predicted molar refractivity (Wildman–Crippen MR) is 115 cm³/mol. The van der Waals surface area contributed by atoms with Gasteiger partial charge in [-0.2, -0.15) is 10.1 Å². The van der Waals surface area contributed by atoms with Crippen LogP contribution in [0, 0.1) is 6.92 Å². The molecule has 0 saturated heterocycles. The molecule has 0 unspecified atom stereocenters. The number of aromatic nitrogens is 3. The molecule has 0 fully saturated rings. The molecular weight excluding hydrogens is 408 g/mol. The molecule has 29 heavy (non-hydrogen) atoms. The van der Waals surface area contributed by atoms with E-state index < -0.39 is 0 Å². The third-order valence-corrected chi connectivity index (χ3v) is 5.88. The Balaban J connectivity index is 1.77. The van der Waals surface area contributed by atoms with E-state index in [4.69, 9.17) is 16.3 Å². The van der Waals surface area contributed by atoms with Gasteiger partial charge in [-0.25, -0.2) is 4.68 Å². The largest absolute Gasteiger partial charge is 0.383 e. The van der Waals surface area contributed by atoms with Crippen molar-refractivity contribution in [1.29, 1.82) is 0 Å². The van der Waals surface area contributed by atoms with Crippen molar-refractivity contribution in [2.75, 3.05) is 13.7 Å². The van der Waals surface area contributed by atoms with Crippen molar-refractivity contribution in [3.8, 4) is 5.69 Å². The van der Waals surface area contributed by atoms with Gasteiger partial charge in [0.15, 0.2) is 4.80 Å². The third-order valence-electron chi connectivity index (χ3n) is 4.60. The molecular formula is C21H19ClN4O2S. The van der Waals surface area contributed by atoms with Gasteiger partial charge in [0.1, 0.15) is 0 Å². The summed E-state index contributed by atoms with van der Waals surface area (Å²) in [7, 11) is 1.65. The molecule has 0 bridgehead atoms. The Hall–Kier alpha value is -2.74. The monoisotopic (exact) mass is 426 g/mol. The van der Waals surface area contributed by atoms with E-state index in [1.165, 1.54) is 11.3 Å². The van der Waals surface area contributed by atoms with E-state index in [1.807, 2.05) is 60.0 Å². The van der Waals surface area contributed by atoms with Gasteiger partial charge in [-0.1, -0.05) is 41.1 Å². The minimum atomic E-state index is -0.325. The van der Waals surface area contributed by atoms with E-state index in [-0.39, 0.29) is 5.91 Å². The van der Waals surface area contributed by atoms with Gasteiger partial charge in [-0.15, -0.1) is 0 Å². The van der Waals surface area contributed by atoms with Crippen LogP contribution in [0.25, 0.3) is 15.9 Å². The maximum absolute atomic E-state index is 13.0. The van der Waals surface area contributed by atoms with E-state index in [9.17, 15) is 4.79 Å². The van der Waals surface area contributed by atoms with Gasteiger partial charge in [0, 0.05) is 18.7 Å².